The van der Waals surface area contributed by atoms with Gasteiger partial charge in [-0.1, -0.05) is 12.1 Å². The van der Waals surface area contributed by atoms with Crippen LogP contribution in [0.15, 0.2) is 35.3 Å². The summed E-state index contributed by atoms with van der Waals surface area (Å²) in [5.74, 6) is 0.756. The molecule has 2 aliphatic heterocycles. The second-order valence-electron chi connectivity index (χ2n) is 7.39. The number of aryl methyl sites for hydroxylation is 1. The van der Waals surface area contributed by atoms with E-state index in [0.717, 1.165) is 37.9 Å². The molecule has 7 heteroatoms. The van der Waals surface area contributed by atoms with Crippen LogP contribution in [0.5, 0.6) is 5.75 Å². The molecule has 28 heavy (non-hydrogen) atoms. The summed E-state index contributed by atoms with van der Waals surface area (Å²) in [4.78, 5) is 25.9. The van der Waals surface area contributed by atoms with Crippen molar-refractivity contribution in [2.24, 2.45) is 5.92 Å². The fourth-order valence-electron chi connectivity index (χ4n) is 3.94. The maximum Gasteiger partial charge on any atom is 0.263 e. The Bertz CT molecular complexity index is 920. The van der Waals surface area contributed by atoms with E-state index < -0.39 is 0 Å². The number of ether oxygens (including phenoxy) is 1. The number of para-hydroxylation sites is 1. The number of pyridine rings is 1. The second kappa shape index (κ2) is 8.80. The molecule has 150 valence electrons. The second-order valence-corrected chi connectivity index (χ2v) is 7.39. The number of rotatable bonds is 4. The van der Waals surface area contributed by atoms with Crippen molar-refractivity contribution in [3.05, 3.63) is 57.5 Å². The smallest absolute Gasteiger partial charge is 0.263 e. The summed E-state index contributed by atoms with van der Waals surface area (Å²) in [6, 6.07) is 7.55. The number of hydrogen-bond acceptors (Lipinski definition) is 4. The van der Waals surface area contributed by atoms with E-state index in [9.17, 15) is 9.59 Å². The predicted molar refractivity (Wildman–Crippen MR) is 112 cm³/mol. The minimum absolute atomic E-state index is 0. The Morgan fingerprint density at radius 2 is 2.21 bits per heavy atom. The standard InChI is InChI=1S/C21H25N3O3.ClH/c1-14-7-10-24(13-15-4-3-9-22-12-15)21(26)18(14)20(25)23-17-6-2-5-16-8-11-27-19(16)17;/h2,5-7,10,15,22H,3-4,8-9,11-13H2,1H3,(H,23,25);1H. The van der Waals surface area contributed by atoms with Crippen LogP contribution >= 0.6 is 12.4 Å². The molecular weight excluding hydrogens is 378 g/mol. The zero-order valence-corrected chi connectivity index (χ0v) is 16.8. The number of aromatic nitrogens is 1. The van der Waals surface area contributed by atoms with E-state index in [1.54, 1.807) is 17.7 Å². The van der Waals surface area contributed by atoms with Gasteiger partial charge in [-0.2, -0.15) is 0 Å². The van der Waals surface area contributed by atoms with Gasteiger partial charge in [0, 0.05) is 19.2 Å². The van der Waals surface area contributed by atoms with E-state index in [1.807, 2.05) is 24.3 Å². The van der Waals surface area contributed by atoms with Crippen molar-refractivity contribution < 1.29 is 9.53 Å². The molecule has 0 saturated carbocycles. The molecule has 0 bridgehead atoms. The Morgan fingerprint density at radius 3 is 3.00 bits per heavy atom. The molecule has 1 unspecified atom stereocenters. The van der Waals surface area contributed by atoms with Crippen molar-refractivity contribution in [2.45, 2.75) is 32.7 Å². The molecule has 1 aromatic heterocycles. The van der Waals surface area contributed by atoms with Crippen LogP contribution in [0.1, 0.15) is 34.3 Å². The first-order chi connectivity index (χ1) is 13.1. The predicted octanol–water partition coefficient (Wildman–Crippen LogP) is 2.77. The average Bonchev–Trinajstić information content (AvgIpc) is 3.15. The van der Waals surface area contributed by atoms with Gasteiger partial charge in [-0.05, 0) is 62.0 Å². The molecule has 3 heterocycles. The van der Waals surface area contributed by atoms with Gasteiger partial charge in [0.15, 0.2) is 0 Å². The van der Waals surface area contributed by atoms with Crippen molar-refractivity contribution in [2.75, 3.05) is 25.0 Å². The molecule has 0 aliphatic carbocycles. The van der Waals surface area contributed by atoms with Crippen molar-refractivity contribution in [1.29, 1.82) is 0 Å². The van der Waals surface area contributed by atoms with Gasteiger partial charge >= 0.3 is 0 Å². The van der Waals surface area contributed by atoms with Crippen LogP contribution in [-0.4, -0.2) is 30.2 Å². The van der Waals surface area contributed by atoms with Crippen LogP contribution in [0, 0.1) is 12.8 Å². The number of carbonyl (C=O) groups excluding carboxylic acids is 1. The van der Waals surface area contributed by atoms with Gasteiger partial charge in [-0.3, -0.25) is 9.59 Å². The van der Waals surface area contributed by atoms with Crippen LogP contribution in [0.2, 0.25) is 0 Å². The van der Waals surface area contributed by atoms with E-state index >= 15 is 0 Å². The molecule has 1 saturated heterocycles. The SMILES string of the molecule is Cc1ccn(CC2CCCNC2)c(=O)c1C(=O)Nc1cccc2c1OCC2.Cl. The summed E-state index contributed by atoms with van der Waals surface area (Å²) in [6.45, 7) is 5.01. The Kier molecular flexibility index (Phi) is 6.42. The third-order valence-corrected chi connectivity index (χ3v) is 5.42. The lowest BCUT2D eigenvalue weighted by Crippen LogP contribution is -2.36. The maximum absolute atomic E-state index is 13.0. The highest BCUT2D eigenvalue weighted by molar-refractivity contribution is 6.05. The van der Waals surface area contributed by atoms with E-state index in [0.29, 0.717) is 36.1 Å². The lowest BCUT2D eigenvalue weighted by Gasteiger charge is -2.23. The Balaban J connectivity index is 0.00000225. The van der Waals surface area contributed by atoms with E-state index in [2.05, 4.69) is 10.6 Å². The van der Waals surface area contributed by atoms with Crippen LogP contribution in [0.3, 0.4) is 0 Å². The first-order valence-electron chi connectivity index (χ1n) is 9.60. The summed E-state index contributed by atoms with van der Waals surface area (Å²) in [6.07, 6.45) is 4.86. The highest BCUT2D eigenvalue weighted by Crippen LogP contribution is 2.33. The largest absolute Gasteiger partial charge is 0.491 e. The number of anilines is 1. The number of nitrogens with one attached hydrogen (secondary N) is 2. The average molecular weight is 404 g/mol. The minimum Gasteiger partial charge on any atom is -0.491 e. The highest BCUT2D eigenvalue weighted by Gasteiger charge is 2.22. The van der Waals surface area contributed by atoms with Gasteiger partial charge in [0.1, 0.15) is 11.3 Å². The molecule has 1 aromatic carbocycles. The Labute approximate surface area is 170 Å². The summed E-state index contributed by atoms with van der Waals surface area (Å²) in [5.41, 5.74) is 2.37. The molecule has 0 spiro atoms. The highest BCUT2D eigenvalue weighted by atomic mass is 35.5. The van der Waals surface area contributed by atoms with Crippen LogP contribution in [0.4, 0.5) is 5.69 Å². The topological polar surface area (TPSA) is 72.4 Å². The van der Waals surface area contributed by atoms with E-state index in [1.165, 1.54) is 0 Å². The number of benzene rings is 1. The molecule has 4 rings (SSSR count). The third-order valence-electron chi connectivity index (χ3n) is 5.42. The quantitative estimate of drug-likeness (QED) is 0.823. The van der Waals surface area contributed by atoms with Gasteiger partial charge in [-0.15, -0.1) is 12.4 Å². The van der Waals surface area contributed by atoms with Crippen LogP contribution in [-0.2, 0) is 13.0 Å². The molecule has 2 aliphatic rings. The lowest BCUT2D eigenvalue weighted by atomic mass is 9.99. The van der Waals surface area contributed by atoms with Crippen molar-refractivity contribution in [3.63, 3.8) is 0 Å². The number of fused-ring (bicyclic) bond motifs is 1. The summed E-state index contributed by atoms with van der Waals surface area (Å²) in [7, 11) is 0. The molecular formula is C21H26ClN3O3. The molecule has 0 radical (unpaired) electrons. The first-order valence-corrected chi connectivity index (χ1v) is 9.60. The molecule has 1 atom stereocenters. The van der Waals surface area contributed by atoms with Gasteiger partial charge in [0.2, 0.25) is 0 Å². The van der Waals surface area contributed by atoms with Crippen molar-refractivity contribution in [3.8, 4) is 5.75 Å². The number of nitrogens with zero attached hydrogens (tertiary/aromatic N) is 1. The monoisotopic (exact) mass is 403 g/mol. The fourth-order valence-corrected chi connectivity index (χ4v) is 3.94. The Morgan fingerprint density at radius 1 is 1.36 bits per heavy atom. The van der Waals surface area contributed by atoms with E-state index in [-0.39, 0.29) is 29.4 Å². The maximum atomic E-state index is 13.0. The summed E-state index contributed by atoms with van der Waals surface area (Å²) < 4.78 is 7.32. The number of carbonyl (C=O) groups is 1. The fraction of sp³-hybridized carbons (Fsp3) is 0.429. The molecule has 1 amide bonds. The molecule has 2 aromatic rings. The molecule has 2 N–H and O–H groups in total. The van der Waals surface area contributed by atoms with Crippen LogP contribution < -0.4 is 20.9 Å². The van der Waals surface area contributed by atoms with Gasteiger partial charge in [0.05, 0.1) is 12.3 Å². The van der Waals surface area contributed by atoms with Crippen LogP contribution in [0.25, 0.3) is 0 Å². The van der Waals surface area contributed by atoms with Crippen molar-refractivity contribution in [1.82, 2.24) is 9.88 Å². The zero-order valence-electron chi connectivity index (χ0n) is 16.0. The molecule has 1 fully saturated rings. The lowest BCUT2D eigenvalue weighted by molar-refractivity contribution is 0.102. The van der Waals surface area contributed by atoms with Gasteiger partial charge in [0.25, 0.3) is 11.5 Å². The summed E-state index contributed by atoms with van der Waals surface area (Å²) >= 11 is 0. The number of piperidine rings is 1. The van der Waals surface area contributed by atoms with Crippen molar-refractivity contribution >= 4 is 24.0 Å². The summed E-state index contributed by atoms with van der Waals surface area (Å²) in [5, 5.41) is 6.25. The third kappa shape index (κ3) is 4.08. The first kappa shape index (κ1) is 20.4. The number of amides is 1. The Hall–Kier alpha value is -2.31. The van der Waals surface area contributed by atoms with Gasteiger partial charge < -0.3 is 19.9 Å². The minimum atomic E-state index is -0.377. The number of hydrogen-bond donors (Lipinski definition) is 2. The number of halogens is 1. The molecule has 6 nitrogen and oxygen atoms in total. The normalized spacial score (nSPS) is 18.0. The van der Waals surface area contributed by atoms with Gasteiger partial charge in [-0.25, -0.2) is 0 Å². The van der Waals surface area contributed by atoms with E-state index in [4.69, 9.17) is 4.74 Å². The zero-order chi connectivity index (χ0) is 18.8.